The second-order valence-corrected chi connectivity index (χ2v) is 8.11. The molecule has 0 aliphatic heterocycles. The van der Waals surface area contributed by atoms with Crippen molar-refractivity contribution in [2.45, 2.75) is 20.8 Å². The molecule has 0 saturated carbocycles. The third kappa shape index (κ3) is 6.18. The van der Waals surface area contributed by atoms with E-state index >= 15 is 0 Å². The van der Waals surface area contributed by atoms with Gasteiger partial charge in [-0.05, 0) is 53.4 Å². The molecule has 0 saturated heterocycles. The van der Waals surface area contributed by atoms with Gasteiger partial charge in [-0.2, -0.15) is 5.10 Å². The number of amides is 1. The van der Waals surface area contributed by atoms with Crippen molar-refractivity contribution in [3.63, 3.8) is 0 Å². The zero-order valence-electron chi connectivity index (χ0n) is 17.3. The van der Waals surface area contributed by atoms with Crippen LogP contribution in [0, 0.1) is 22.9 Å². The fraction of sp³-hybridized carbons (Fsp3) is 0.227. The summed E-state index contributed by atoms with van der Waals surface area (Å²) < 4.78 is 39.8. The Morgan fingerprint density at radius 1 is 1.03 bits per heavy atom. The molecule has 31 heavy (non-hydrogen) atoms. The van der Waals surface area contributed by atoms with Gasteiger partial charge in [0.2, 0.25) is 5.96 Å². The van der Waals surface area contributed by atoms with Gasteiger partial charge in [-0.1, -0.05) is 20.8 Å². The number of nitrogens with zero attached hydrogens (tertiary/aromatic N) is 2. The Hall–Kier alpha value is -3.62. The Balaban J connectivity index is 1.80. The lowest BCUT2D eigenvalue weighted by Gasteiger charge is -2.16. The Kier molecular flexibility index (Phi) is 6.43. The van der Waals surface area contributed by atoms with E-state index in [0.717, 1.165) is 17.7 Å². The van der Waals surface area contributed by atoms with Gasteiger partial charge in [0.15, 0.2) is 17.5 Å². The molecular formula is C22H22F3N5O. The first-order chi connectivity index (χ1) is 14.6. The first-order valence-electron chi connectivity index (χ1n) is 9.50. The van der Waals surface area contributed by atoms with Gasteiger partial charge in [-0.25, -0.2) is 13.2 Å². The van der Waals surface area contributed by atoms with E-state index in [9.17, 15) is 18.0 Å². The molecule has 0 unspecified atom stereocenters. The van der Waals surface area contributed by atoms with Gasteiger partial charge in [0, 0.05) is 18.2 Å². The number of anilines is 1. The number of carbonyl (C=O) groups is 1. The molecule has 0 bridgehead atoms. The van der Waals surface area contributed by atoms with Crippen LogP contribution in [-0.2, 0) is 0 Å². The van der Waals surface area contributed by atoms with E-state index in [1.807, 2.05) is 20.8 Å². The van der Waals surface area contributed by atoms with Crippen molar-refractivity contribution in [1.82, 2.24) is 15.5 Å². The summed E-state index contributed by atoms with van der Waals surface area (Å²) in [5, 5.41) is 12.4. The van der Waals surface area contributed by atoms with Crippen LogP contribution in [0.1, 0.15) is 31.1 Å². The molecular weight excluding hydrogens is 407 g/mol. The molecule has 3 aromatic rings. The highest BCUT2D eigenvalue weighted by atomic mass is 19.2. The monoisotopic (exact) mass is 429 g/mol. The summed E-state index contributed by atoms with van der Waals surface area (Å²) in [4.78, 5) is 16.9. The number of aliphatic imine (C=N–C) groups is 1. The van der Waals surface area contributed by atoms with Crippen molar-refractivity contribution >= 4 is 17.7 Å². The predicted molar refractivity (Wildman–Crippen MR) is 113 cm³/mol. The molecule has 0 atom stereocenters. The SMILES string of the molecule is CC(C)(C)CN=C(NC(=O)c1ccc(F)c(F)c1)Nc1cc(-c2ccc(F)cc2)[nH]n1. The van der Waals surface area contributed by atoms with Gasteiger partial charge in [-0.15, -0.1) is 0 Å². The average Bonchev–Trinajstić information content (AvgIpc) is 3.16. The molecule has 0 spiro atoms. The zero-order valence-corrected chi connectivity index (χ0v) is 17.3. The van der Waals surface area contributed by atoms with E-state index in [4.69, 9.17) is 0 Å². The van der Waals surface area contributed by atoms with Crippen LogP contribution >= 0.6 is 0 Å². The molecule has 3 N–H and O–H groups in total. The van der Waals surface area contributed by atoms with Crippen LogP contribution in [0.3, 0.4) is 0 Å². The summed E-state index contributed by atoms with van der Waals surface area (Å²) in [7, 11) is 0. The highest BCUT2D eigenvalue weighted by molar-refractivity contribution is 6.09. The number of aromatic nitrogens is 2. The average molecular weight is 429 g/mol. The van der Waals surface area contributed by atoms with Gasteiger partial charge in [0.25, 0.3) is 5.91 Å². The minimum absolute atomic E-state index is 0.0572. The zero-order chi connectivity index (χ0) is 22.6. The van der Waals surface area contributed by atoms with E-state index in [1.165, 1.54) is 18.2 Å². The molecule has 6 nitrogen and oxygen atoms in total. The fourth-order valence-electron chi connectivity index (χ4n) is 2.53. The van der Waals surface area contributed by atoms with E-state index in [1.54, 1.807) is 18.2 Å². The van der Waals surface area contributed by atoms with Gasteiger partial charge < -0.3 is 5.32 Å². The molecule has 1 aromatic heterocycles. The maximum atomic E-state index is 13.5. The maximum absolute atomic E-state index is 13.5. The first-order valence-corrected chi connectivity index (χ1v) is 9.50. The Bertz CT molecular complexity index is 1100. The van der Waals surface area contributed by atoms with Gasteiger partial charge in [-0.3, -0.25) is 20.2 Å². The third-order valence-electron chi connectivity index (χ3n) is 4.10. The standard InChI is InChI=1S/C22H22F3N5O/c1-22(2,3)12-26-21(28-20(31)14-6-9-16(24)17(25)10-14)27-19-11-18(29-30-19)13-4-7-15(23)8-5-13/h4-11H,12H2,1-3H3,(H3,26,27,28,29,30,31). The van der Waals surface area contributed by atoms with E-state index in [2.05, 4.69) is 25.8 Å². The number of H-pyrrole nitrogens is 1. The molecule has 2 aromatic carbocycles. The number of carbonyl (C=O) groups excluding carboxylic acids is 1. The number of hydrogen-bond acceptors (Lipinski definition) is 3. The molecule has 1 amide bonds. The molecule has 3 rings (SSSR count). The molecule has 0 fully saturated rings. The quantitative estimate of drug-likeness (QED) is 0.414. The number of hydrogen-bond donors (Lipinski definition) is 3. The number of halogens is 3. The highest BCUT2D eigenvalue weighted by Gasteiger charge is 2.15. The number of rotatable bonds is 4. The summed E-state index contributed by atoms with van der Waals surface area (Å²) in [6, 6.07) is 10.4. The third-order valence-corrected chi connectivity index (χ3v) is 4.10. The van der Waals surface area contributed by atoms with Gasteiger partial charge in [0.05, 0.1) is 5.69 Å². The highest BCUT2D eigenvalue weighted by Crippen LogP contribution is 2.20. The lowest BCUT2D eigenvalue weighted by molar-refractivity contribution is 0.0976. The Morgan fingerprint density at radius 3 is 2.39 bits per heavy atom. The number of nitrogens with one attached hydrogen (secondary N) is 3. The Labute approximate surface area is 177 Å². The minimum atomic E-state index is -1.12. The van der Waals surface area contributed by atoms with Crippen LogP contribution in [0.5, 0.6) is 0 Å². The molecule has 0 aliphatic carbocycles. The summed E-state index contributed by atoms with van der Waals surface area (Å²) in [5.41, 5.74) is 1.13. The van der Waals surface area contributed by atoms with Crippen LogP contribution < -0.4 is 10.6 Å². The summed E-state index contributed by atoms with van der Waals surface area (Å²) in [6.45, 7) is 6.31. The fourth-order valence-corrected chi connectivity index (χ4v) is 2.53. The van der Waals surface area contributed by atoms with E-state index in [0.29, 0.717) is 18.1 Å². The van der Waals surface area contributed by atoms with Crippen molar-refractivity contribution in [1.29, 1.82) is 0 Å². The van der Waals surface area contributed by atoms with Crippen molar-refractivity contribution in [3.8, 4) is 11.3 Å². The van der Waals surface area contributed by atoms with Crippen molar-refractivity contribution in [2.24, 2.45) is 10.4 Å². The number of guanidine groups is 1. The molecule has 9 heteroatoms. The molecule has 162 valence electrons. The number of aromatic amines is 1. The van der Waals surface area contributed by atoms with Crippen LogP contribution in [0.2, 0.25) is 0 Å². The lowest BCUT2D eigenvalue weighted by atomic mass is 9.97. The summed E-state index contributed by atoms with van der Waals surface area (Å²) in [5.74, 6) is -2.71. The smallest absolute Gasteiger partial charge is 0.258 e. The van der Waals surface area contributed by atoms with Crippen LogP contribution in [0.25, 0.3) is 11.3 Å². The van der Waals surface area contributed by atoms with Crippen molar-refractivity contribution in [3.05, 3.63) is 71.5 Å². The van der Waals surface area contributed by atoms with Crippen LogP contribution in [0.15, 0.2) is 53.5 Å². The van der Waals surface area contributed by atoms with Crippen LogP contribution in [-0.4, -0.2) is 28.6 Å². The minimum Gasteiger partial charge on any atom is -0.309 e. The molecule has 0 radical (unpaired) electrons. The number of benzene rings is 2. The summed E-state index contributed by atoms with van der Waals surface area (Å²) >= 11 is 0. The normalized spacial score (nSPS) is 12.0. The maximum Gasteiger partial charge on any atom is 0.258 e. The predicted octanol–water partition coefficient (Wildman–Crippen LogP) is 4.74. The summed E-state index contributed by atoms with van der Waals surface area (Å²) in [6.07, 6.45) is 0. The van der Waals surface area contributed by atoms with Crippen molar-refractivity contribution in [2.75, 3.05) is 11.9 Å². The Morgan fingerprint density at radius 2 is 1.74 bits per heavy atom. The van der Waals surface area contributed by atoms with Crippen LogP contribution in [0.4, 0.5) is 19.0 Å². The molecule has 0 aliphatic rings. The van der Waals surface area contributed by atoms with E-state index in [-0.39, 0.29) is 22.8 Å². The van der Waals surface area contributed by atoms with E-state index < -0.39 is 17.5 Å². The van der Waals surface area contributed by atoms with Gasteiger partial charge >= 0.3 is 0 Å². The lowest BCUT2D eigenvalue weighted by Crippen LogP contribution is -2.37. The second-order valence-electron chi connectivity index (χ2n) is 8.11. The first kappa shape index (κ1) is 22.1. The topological polar surface area (TPSA) is 82.2 Å². The van der Waals surface area contributed by atoms with Crippen molar-refractivity contribution < 1.29 is 18.0 Å². The largest absolute Gasteiger partial charge is 0.309 e. The van der Waals surface area contributed by atoms with Gasteiger partial charge in [0.1, 0.15) is 5.82 Å². The molecule has 1 heterocycles. The second kappa shape index (κ2) is 9.03.